The molecular formula is C24H36N6O9. The van der Waals surface area contributed by atoms with Crippen molar-refractivity contribution in [1.82, 2.24) is 29.4 Å². The molecule has 0 aromatic carbocycles. The van der Waals surface area contributed by atoms with E-state index in [2.05, 4.69) is 10.2 Å². The molecule has 0 bridgehead atoms. The monoisotopic (exact) mass is 552 g/mol. The molecule has 0 saturated heterocycles. The molecule has 0 radical (unpaired) electrons. The van der Waals surface area contributed by atoms with Crippen molar-refractivity contribution in [1.29, 1.82) is 0 Å². The van der Waals surface area contributed by atoms with E-state index >= 15 is 0 Å². The molecule has 0 atom stereocenters. The molecule has 0 saturated carbocycles. The Hall–Kier alpha value is -3.82. The van der Waals surface area contributed by atoms with Crippen LogP contribution in [0.15, 0.2) is 0 Å². The minimum Gasteiger partial charge on any atom is -0.480 e. The largest absolute Gasteiger partial charge is 0.480 e. The normalized spacial score (nSPS) is 11.4. The summed E-state index contributed by atoms with van der Waals surface area (Å²) < 4.78 is 9.39. The van der Waals surface area contributed by atoms with Crippen LogP contribution in [0.25, 0.3) is 0 Å². The molecule has 4 N–H and O–H groups in total. The molecule has 2 rings (SSSR count). The van der Waals surface area contributed by atoms with Crippen molar-refractivity contribution in [3.63, 3.8) is 0 Å². The van der Waals surface area contributed by atoms with Gasteiger partial charge in [-0.25, -0.2) is 0 Å². The first-order valence-corrected chi connectivity index (χ1v) is 12.2. The van der Waals surface area contributed by atoms with E-state index in [0.717, 1.165) is 33.9 Å². The van der Waals surface area contributed by atoms with Crippen molar-refractivity contribution in [2.24, 2.45) is 0 Å². The molecular weight excluding hydrogens is 516 g/mol. The van der Waals surface area contributed by atoms with Gasteiger partial charge in [0.2, 0.25) is 0 Å². The number of nitrogens with zero attached hydrogens (tertiary/aromatic N) is 6. The highest BCUT2D eigenvalue weighted by Crippen LogP contribution is 2.18. The van der Waals surface area contributed by atoms with E-state index in [1.54, 1.807) is 9.36 Å². The molecule has 2 aromatic heterocycles. The molecule has 2 aromatic rings. The predicted molar refractivity (Wildman–Crippen MR) is 135 cm³/mol. The molecule has 0 unspecified atom stereocenters. The third kappa shape index (κ3) is 9.77. The van der Waals surface area contributed by atoms with Crippen LogP contribution in [0.5, 0.6) is 0 Å². The van der Waals surface area contributed by atoms with Crippen LogP contribution in [-0.2, 0) is 50.2 Å². The van der Waals surface area contributed by atoms with E-state index in [4.69, 9.17) is 25.2 Å². The zero-order valence-electron chi connectivity index (χ0n) is 22.6. The number of ether oxygens (including phenoxy) is 1. The van der Waals surface area contributed by atoms with Gasteiger partial charge in [0.25, 0.3) is 0 Å². The van der Waals surface area contributed by atoms with Gasteiger partial charge in [0.1, 0.15) is 0 Å². The van der Waals surface area contributed by atoms with Crippen LogP contribution in [0, 0.1) is 27.7 Å². The molecule has 0 spiro atoms. The first kappa shape index (κ1) is 31.4. The molecule has 0 aliphatic heterocycles. The smallest absolute Gasteiger partial charge is 0.317 e. The molecule has 15 nitrogen and oxygen atoms in total. The lowest BCUT2D eigenvalue weighted by molar-refractivity contribution is -0.143. The summed E-state index contributed by atoms with van der Waals surface area (Å²) in [6, 6.07) is 0. The van der Waals surface area contributed by atoms with Gasteiger partial charge in [-0.05, 0) is 27.7 Å². The van der Waals surface area contributed by atoms with Gasteiger partial charge in [0.15, 0.2) is 0 Å². The highest BCUT2D eigenvalue weighted by atomic mass is 16.5. The summed E-state index contributed by atoms with van der Waals surface area (Å²) in [4.78, 5) is 46.8. The Kier molecular flexibility index (Phi) is 11.6. The molecule has 2 heterocycles. The maximum absolute atomic E-state index is 11.0. The molecule has 216 valence electrons. The van der Waals surface area contributed by atoms with Crippen LogP contribution in [-0.4, -0.2) is 113 Å². The summed E-state index contributed by atoms with van der Waals surface area (Å²) in [6.07, 6.45) is 0. The van der Waals surface area contributed by atoms with E-state index in [9.17, 15) is 19.2 Å². The van der Waals surface area contributed by atoms with Crippen molar-refractivity contribution < 1.29 is 44.3 Å². The molecule has 0 fully saturated rings. The maximum atomic E-state index is 11.0. The summed E-state index contributed by atoms with van der Waals surface area (Å²) >= 11 is 0. The zero-order valence-corrected chi connectivity index (χ0v) is 22.6. The Morgan fingerprint density at radius 1 is 0.641 bits per heavy atom. The van der Waals surface area contributed by atoms with Gasteiger partial charge in [-0.1, -0.05) is 0 Å². The Labute approximate surface area is 225 Å². The van der Waals surface area contributed by atoms with Crippen molar-refractivity contribution in [3.05, 3.63) is 33.9 Å². The Morgan fingerprint density at radius 3 is 1.23 bits per heavy atom. The molecule has 0 aliphatic rings. The second-order valence-corrected chi connectivity index (χ2v) is 9.23. The molecule has 15 heteroatoms. The van der Waals surface area contributed by atoms with E-state index in [1.165, 1.54) is 9.80 Å². The van der Waals surface area contributed by atoms with E-state index in [1.807, 2.05) is 27.7 Å². The summed E-state index contributed by atoms with van der Waals surface area (Å²) in [5.74, 6) is -4.42. The number of carboxylic acid groups (broad SMARTS) is 4. The van der Waals surface area contributed by atoms with E-state index < -0.39 is 23.9 Å². The van der Waals surface area contributed by atoms with Crippen LogP contribution in [0.2, 0.25) is 0 Å². The van der Waals surface area contributed by atoms with Crippen molar-refractivity contribution in [2.45, 2.75) is 54.0 Å². The average molecular weight is 553 g/mol. The molecule has 39 heavy (non-hydrogen) atoms. The second kappa shape index (κ2) is 14.4. The fraction of sp³-hybridized carbons (Fsp3) is 0.583. The minimum atomic E-state index is -1.11. The van der Waals surface area contributed by atoms with Gasteiger partial charge in [0, 0.05) is 35.6 Å². The number of aliphatic carboxylic acids is 4. The number of hydrogen-bond donors (Lipinski definition) is 4. The van der Waals surface area contributed by atoms with Gasteiger partial charge < -0.3 is 25.2 Å². The molecule has 0 amide bonds. The fourth-order valence-electron chi connectivity index (χ4n) is 4.24. The standard InChI is InChI=1S/C24H36N6O9/c1-15-19(17(3)29(25-15)7-5-27(9-21(31)32)10-22(33)34)13-39-14-20-16(2)26-30(18(20)4)8-6-28(11-23(35)36)12-24(37)38/h5-14H2,1-4H3,(H,31,32)(H,33,34)(H,35,36)(H,37,38). The lowest BCUT2D eigenvalue weighted by Gasteiger charge is -2.18. The zero-order chi connectivity index (χ0) is 29.3. The summed E-state index contributed by atoms with van der Waals surface area (Å²) in [5, 5.41) is 45.1. The number of carbonyl (C=O) groups is 4. The average Bonchev–Trinajstić information content (AvgIpc) is 3.23. The SMILES string of the molecule is Cc1nn(CCN(CC(=O)O)CC(=O)O)c(C)c1COCc1c(C)nn(CCN(CC(=O)O)CC(=O)O)c1C. The van der Waals surface area contributed by atoms with Crippen LogP contribution in [0.4, 0.5) is 0 Å². The van der Waals surface area contributed by atoms with Gasteiger partial charge in [-0.15, -0.1) is 0 Å². The lowest BCUT2D eigenvalue weighted by atomic mass is 10.2. The van der Waals surface area contributed by atoms with Gasteiger partial charge in [0.05, 0.1) is 63.9 Å². The third-order valence-corrected chi connectivity index (χ3v) is 6.25. The highest BCUT2D eigenvalue weighted by Gasteiger charge is 2.19. The quantitative estimate of drug-likeness (QED) is 0.192. The second-order valence-electron chi connectivity index (χ2n) is 9.23. The Bertz CT molecular complexity index is 1070. The third-order valence-electron chi connectivity index (χ3n) is 6.25. The molecule has 0 aliphatic carbocycles. The first-order valence-electron chi connectivity index (χ1n) is 12.2. The van der Waals surface area contributed by atoms with Gasteiger partial charge >= 0.3 is 23.9 Å². The van der Waals surface area contributed by atoms with E-state index in [0.29, 0.717) is 13.1 Å². The van der Waals surface area contributed by atoms with Crippen LogP contribution in [0.1, 0.15) is 33.9 Å². The number of rotatable bonds is 18. The number of aryl methyl sites for hydroxylation is 2. The summed E-state index contributed by atoms with van der Waals surface area (Å²) in [6.45, 7) is 7.44. The summed E-state index contributed by atoms with van der Waals surface area (Å²) in [5.41, 5.74) is 4.91. The van der Waals surface area contributed by atoms with Crippen LogP contribution < -0.4 is 0 Å². The highest BCUT2D eigenvalue weighted by molar-refractivity contribution is 5.73. The van der Waals surface area contributed by atoms with Gasteiger partial charge in [-0.2, -0.15) is 10.2 Å². The Morgan fingerprint density at radius 2 is 0.949 bits per heavy atom. The number of hydrogen-bond acceptors (Lipinski definition) is 9. The maximum Gasteiger partial charge on any atom is 0.317 e. The van der Waals surface area contributed by atoms with Crippen molar-refractivity contribution in [2.75, 3.05) is 39.3 Å². The van der Waals surface area contributed by atoms with Crippen molar-refractivity contribution in [3.8, 4) is 0 Å². The fourth-order valence-corrected chi connectivity index (χ4v) is 4.24. The van der Waals surface area contributed by atoms with Crippen LogP contribution in [0.3, 0.4) is 0 Å². The predicted octanol–water partition coefficient (Wildman–Crippen LogP) is -0.0275. The number of carboxylic acids is 4. The topological polar surface area (TPSA) is 201 Å². The van der Waals surface area contributed by atoms with E-state index in [-0.39, 0.29) is 52.5 Å². The van der Waals surface area contributed by atoms with Gasteiger partial charge in [-0.3, -0.25) is 38.3 Å². The Balaban J connectivity index is 2.00. The first-order chi connectivity index (χ1) is 18.3. The van der Waals surface area contributed by atoms with Crippen molar-refractivity contribution >= 4 is 23.9 Å². The summed E-state index contributed by atoms with van der Waals surface area (Å²) in [7, 11) is 0. The van der Waals surface area contributed by atoms with Crippen LogP contribution >= 0.6 is 0 Å². The lowest BCUT2D eigenvalue weighted by Crippen LogP contribution is -2.37. The number of aromatic nitrogens is 4. The minimum absolute atomic E-state index is 0.203.